The van der Waals surface area contributed by atoms with Crippen molar-refractivity contribution in [1.29, 1.82) is 0 Å². The summed E-state index contributed by atoms with van der Waals surface area (Å²) in [6, 6.07) is 7.33. The summed E-state index contributed by atoms with van der Waals surface area (Å²) in [5, 5.41) is 5.73. The molecule has 3 N–H and O–H groups in total. The van der Waals surface area contributed by atoms with E-state index in [2.05, 4.69) is 10.3 Å². The molecule has 0 aliphatic carbocycles. The topological polar surface area (TPSA) is 68.0 Å². The van der Waals surface area contributed by atoms with E-state index in [4.69, 9.17) is 5.73 Å². The summed E-state index contributed by atoms with van der Waals surface area (Å²) in [4.78, 5) is 16.2. The molecule has 5 heteroatoms. The van der Waals surface area contributed by atoms with Gasteiger partial charge in [-0.3, -0.25) is 4.79 Å². The van der Waals surface area contributed by atoms with Crippen LogP contribution < -0.4 is 11.1 Å². The molecule has 0 atom stereocenters. The van der Waals surface area contributed by atoms with Gasteiger partial charge in [-0.25, -0.2) is 4.98 Å². The maximum absolute atomic E-state index is 11.9. The molecule has 18 heavy (non-hydrogen) atoms. The third-order valence-electron chi connectivity index (χ3n) is 2.49. The highest BCUT2D eigenvalue weighted by Crippen LogP contribution is 2.09. The zero-order chi connectivity index (χ0) is 13.0. The van der Waals surface area contributed by atoms with E-state index < -0.39 is 0 Å². The van der Waals surface area contributed by atoms with Crippen molar-refractivity contribution < 1.29 is 4.79 Å². The van der Waals surface area contributed by atoms with E-state index in [0.29, 0.717) is 18.7 Å². The summed E-state index contributed by atoms with van der Waals surface area (Å²) in [6.07, 6.45) is 0. The van der Waals surface area contributed by atoms with E-state index in [1.807, 2.05) is 30.5 Å². The third kappa shape index (κ3) is 3.15. The van der Waals surface area contributed by atoms with Gasteiger partial charge in [0.1, 0.15) is 5.01 Å². The van der Waals surface area contributed by atoms with E-state index in [-0.39, 0.29) is 5.91 Å². The van der Waals surface area contributed by atoms with Crippen molar-refractivity contribution in [3.63, 3.8) is 0 Å². The van der Waals surface area contributed by atoms with Gasteiger partial charge >= 0.3 is 0 Å². The number of nitrogens with zero attached hydrogens (tertiary/aromatic N) is 1. The molecule has 94 valence electrons. The Kier molecular flexibility index (Phi) is 4.07. The molecule has 0 unspecified atom stereocenters. The predicted molar refractivity (Wildman–Crippen MR) is 72.4 cm³/mol. The van der Waals surface area contributed by atoms with E-state index in [9.17, 15) is 4.79 Å². The molecule has 0 radical (unpaired) electrons. The van der Waals surface area contributed by atoms with Crippen LogP contribution in [0.5, 0.6) is 0 Å². The Hall–Kier alpha value is -1.72. The Morgan fingerprint density at radius 3 is 3.00 bits per heavy atom. The SMILES string of the molecule is Cc1csc(CNC(=O)c2cccc(CN)c2)n1. The molecule has 0 spiro atoms. The normalized spacial score (nSPS) is 10.3. The van der Waals surface area contributed by atoms with Crippen LogP contribution in [0.1, 0.15) is 26.6 Å². The van der Waals surface area contributed by atoms with Crippen LogP contribution in [-0.4, -0.2) is 10.9 Å². The molecule has 2 aromatic rings. The van der Waals surface area contributed by atoms with Crippen molar-refractivity contribution in [2.75, 3.05) is 0 Å². The van der Waals surface area contributed by atoms with Crippen molar-refractivity contribution >= 4 is 17.2 Å². The Bertz CT molecular complexity index is 551. The Morgan fingerprint density at radius 1 is 1.50 bits per heavy atom. The Morgan fingerprint density at radius 2 is 2.33 bits per heavy atom. The summed E-state index contributed by atoms with van der Waals surface area (Å²) >= 11 is 1.55. The molecule has 0 aliphatic rings. The molecule has 0 saturated heterocycles. The minimum absolute atomic E-state index is 0.0989. The number of aromatic nitrogens is 1. The fraction of sp³-hybridized carbons (Fsp3) is 0.231. The van der Waals surface area contributed by atoms with Crippen molar-refractivity contribution in [2.24, 2.45) is 5.73 Å². The third-order valence-corrected chi connectivity index (χ3v) is 3.46. The fourth-order valence-electron chi connectivity index (χ4n) is 1.58. The molecular weight excluding hydrogens is 246 g/mol. The molecule has 4 nitrogen and oxygen atoms in total. The zero-order valence-corrected chi connectivity index (χ0v) is 11.0. The highest BCUT2D eigenvalue weighted by molar-refractivity contribution is 7.09. The van der Waals surface area contributed by atoms with Crippen molar-refractivity contribution in [2.45, 2.75) is 20.0 Å². The number of nitrogens with one attached hydrogen (secondary N) is 1. The Labute approximate surface area is 110 Å². The lowest BCUT2D eigenvalue weighted by molar-refractivity contribution is 0.0950. The van der Waals surface area contributed by atoms with Gasteiger partial charge in [0.05, 0.1) is 6.54 Å². The van der Waals surface area contributed by atoms with Gasteiger partial charge < -0.3 is 11.1 Å². The second-order valence-electron chi connectivity index (χ2n) is 3.97. The van der Waals surface area contributed by atoms with Crippen molar-refractivity contribution in [3.8, 4) is 0 Å². The minimum atomic E-state index is -0.0989. The van der Waals surface area contributed by atoms with Gasteiger partial charge in [0, 0.05) is 23.2 Å². The first-order valence-electron chi connectivity index (χ1n) is 5.67. The van der Waals surface area contributed by atoms with Crippen molar-refractivity contribution in [1.82, 2.24) is 10.3 Å². The predicted octanol–water partition coefficient (Wildman–Crippen LogP) is 1.84. The average molecular weight is 261 g/mol. The molecular formula is C13H15N3OS. The number of carbonyl (C=O) groups excluding carboxylic acids is 1. The first-order valence-corrected chi connectivity index (χ1v) is 6.55. The lowest BCUT2D eigenvalue weighted by Gasteiger charge is -2.04. The summed E-state index contributed by atoms with van der Waals surface area (Å²) in [6.45, 7) is 2.84. The molecule has 0 fully saturated rings. The average Bonchev–Trinajstić information content (AvgIpc) is 2.82. The van der Waals surface area contributed by atoms with Gasteiger partial charge in [-0.15, -0.1) is 11.3 Å². The van der Waals surface area contributed by atoms with Crippen LogP contribution in [0.4, 0.5) is 0 Å². The van der Waals surface area contributed by atoms with Crippen LogP contribution >= 0.6 is 11.3 Å². The van der Waals surface area contributed by atoms with Gasteiger partial charge in [-0.2, -0.15) is 0 Å². The molecule has 0 saturated carbocycles. The van der Waals surface area contributed by atoms with Gasteiger partial charge in [-0.1, -0.05) is 12.1 Å². The monoisotopic (exact) mass is 261 g/mol. The number of carbonyl (C=O) groups is 1. The fourth-order valence-corrected chi connectivity index (χ4v) is 2.29. The summed E-state index contributed by atoms with van der Waals surface area (Å²) in [5.74, 6) is -0.0989. The first-order chi connectivity index (χ1) is 8.69. The van der Waals surface area contributed by atoms with Gasteiger partial charge in [0.2, 0.25) is 0 Å². The molecule has 1 aromatic heterocycles. The second kappa shape index (κ2) is 5.75. The smallest absolute Gasteiger partial charge is 0.251 e. The second-order valence-corrected chi connectivity index (χ2v) is 4.91. The number of nitrogens with two attached hydrogens (primary N) is 1. The lowest BCUT2D eigenvalue weighted by Crippen LogP contribution is -2.22. The minimum Gasteiger partial charge on any atom is -0.346 e. The summed E-state index contributed by atoms with van der Waals surface area (Å²) in [7, 11) is 0. The van der Waals surface area contributed by atoms with Crippen LogP contribution in [0.25, 0.3) is 0 Å². The van der Waals surface area contributed by atoms with E-state index in [0.717, 1.165) is 16.3 Å². The van der Waals surface area contributed by atoms with Gasteiger partial charge in [0.15, 0.2) is 0 Å². The number of rotatable bonds is 4. The van der Waals surface area contributed by atoms with Crippen LogP contribution in [0.2, 0.25) is 0 Å². The summed E-state index contributed by atoms with van der Waals surface area (Å²) < 4.78 is 0. The van der Waals surface area contributed by atoms with Crippen LogP contribution in [0.3, 0.4) is 0 Å². The van der Waals surface area contributed by atoms with Crippen LogP contribution in [0, 0.1) is 6.92 Å². The quantitative estimate of drug-likeness (QED) is 0.882. The largest absolute Gasteiger partial charge is 0.346 e. The molecule has 1 aromatic carbocycles. The maximum atomic E-state index is 11.9. The molecule has 0 aliphatic heterocycles. The van der Waals surface area contributed by atoms with E-state index >= 15 is 0 Å². The molecule has 1 heterocycles. The maximum Gasteiger partial charge on any atom is 0.251 e. The number of aryl methyl sites for hydroxylation is 1. The van der Waals surface area contributed by atoms with E-state index in [1.54, 1.807) is 17.4 Å². The van der Waals surface area contributed by atoms with Gasteiger partial charge in [0.25, 0.3) is 5.91 Å². The Balaban J connectivity index is 1.99. The lowest BCUT2D eigenvalue weighted by atomic mass is 10.1. The number of hydrogen-bond acceptors (Lipinski definition) is 4. The number of hydrogen-bond donors (Lipinski definition) is 2. The van der Waals surface area contributed by atoms with Crippen LogP contribution in [-0.2, 0) is 13.1 Å². The number of amides is 1. The van der Waals surface area contributed by atoms with Gasteiger partial charge in [-0.05, 0) is 24.6 Å². The number of thiazole rings is 1. The standard InChI is InChI=1S/C13H15N3OS/c1-9-8-18-12(16-9)7-15-13(17)11-4-2-3-10(5-11)6-14/h2-5,8H,6-7,14H2,1H3,(H,15,17). The molecule has 1 amide bonds. The van der Waals surface area contributed by atoms with Crippen molar-refractivity contribution in [3.05, 3.63) is 51.5 Å². The summed E-state index contributed by atoms with van der Waals surface area (Å²) in [5.41, 5.74) is 8.11. The number of benzene rings is 1. The molecule has 0 bridgehead atoms. The highest BCUT2D eigenvalue weighted by Gasteiger charge is 2.06. The zero-order valence-electron chi connectivity index (χ0n) is 10.1. The van der Waals surface area contributed by atoms with E-state index in [1.165, 1.54) is 0 Å². The molecule has 2 rings (SSSR count). The highest BCUT2D eigenvalue weighted by atomic mass is 32.1. The first kappa shape index (κ1) is 12.7. The van der Waals surface area contributed by atoms with Crippen LogP contribution in [0.15, 0.2) is 29.6 Å².